The second kappa shape index (κ2) is 7.73. The Labute approximate surface area is 130 Å². The van der Waals surface area contributed by atoms with Crippen LogP contribution < -0.4 is 0 Å². The summed E-state index contributed by atoms with van der Waals surface area (Å²) >= 11 is 0. The third-order valence-corrected chi connectivity index (χ3v) is 3.44. The molecule has 0 saturated carbocycles. The summed E-state index contributed by atoms with van der Waals surface area (Å²) in [5, 5.41) is 8.62. The van der Waals surface area contributed by atoms with Gasteiger partial charge in [-0.3, -0.25) is 0 Å². The molecule has 22 heavy (non-hydrogen) atoms. The maximum absolute atomic E-state index is 8.62. The van der Waals surface area contributed by atoms with Gasteiger partial charge in [0.25, 0.3) is 0 Å². The van der Waals surface area contributed by atoms with Crippen molar-refractivity contribution in [2.75, 3.05) is 0 Å². The van der Waals surface area contributed by atoms with E-state index in [1.807, 2.05) is 49.6 Å². The van der Waals surface area contributed by atoms with Crippen LogP contribution in [0.4, 0.5) is 0 Å². The zero-order valence-corrected chi connectivity index (χ0v) is 13.3. The van der Waals surface area contributed by atoms with E-state index in [4.69, 9.17) is 5.26 Å². The van der Waals surface area contributed by atoms with Crippen molar-refractivity contribution >= 4 is 11.0 Å². The minimum absolute atomic E-state index is 0.0976. The molecule has 0 bridgehead atoms. The molecular formula is C18H22N2O2. The van der Waals surface area contributed by atoms with Gasteiger partial charge in [-0.2, -0.15) is 0 Å². The summed E-state index contributed by atoms with van der Waals surface area (Å²) in [6.07, 6.45) is 0.888. The van der Waals surface area contributed by atoms with Crippen molar-refractivity contribution in [2.45, 2.75) is 33.9 Å². The highest BCUT2D eigenvalue weighted by Crippen LogP contribution is 2.19. The lowest BCUT2D eigenvalue weighted by atomic mass is 10.0. The second-order valence-electron chi connectivity index (χ2n) is 4.83. The van der Waals surface area contributed by atoms with Crippen LogP contribution in [-0.2, 0) is 18.0 Å². The molecule has 0 unspecified atom stereocenters. The summed E-state index contributed by atoms with van der Waals surface area (Å²) in [5.41, 5.74) is 4.39. The van der Waals surface area contributed by atoms with Crippen LogP contribution in [0.5, 0.6) is 0 Å². The lowest BCUT2D eigenvalue weighted by Gasteiger charge is -2.04. The Hall–Kier alpha value is -2.17. The fraction of sp³-hybridized carbons (Fsp3) is 0.278. The number of rotatable bonds is 4. The molecule has 1 heterocycles. The minimum Gasteiger partial charge on any atom is -0.301 e. The van der Waals surface area contributed by atoms with Crippen molar-refractivity contribution in [1.29, 1.82) is 0 Å². The standard InChI is InChI=1S/C16H16N2O2.C2H6/c1-12-17-15-10-14(9-13-5-3-2-4-6-13)7-8-16(15)18(12)11-20-19;1-2/h2-8,10,19H,9,11H2,1H3;1-2H3. The Morgan fingerprint density at radius 3 is 2.45 bits per heavy atom. The molecular weight excluding hydrogens is 276 g/mol. The lowest BCUT2D eigenvalue weighted by Crippen LogP contribution is -2.01. The molecule has 4 nitrogen and oxygen atoms in total. The Morgan fingerprint density at radius 1 is 1.05 bits per heavy atom. The molecule has 0 amide bonds. The highest BCUT2D eigenvalue weighted by Gasteiger charge is 2.08. The first-order chi connectivity index (χ1) is 10.8. The van der Waals surface area contributed by atoms with E-state index in [1.54, 1.807) is 0 Å². The van der Waals surface area contributed by atoms with Gasteiger partial charge in [0.15, 0.2) is 6.73 Å². The minimum atomic E-state index is 0.0976. The Balaban J connectivity index is 0.000000847. The molecule has 3 aromatic rings. The molecule has 0 fully saturated rings. The van der Waals surface area contributed by atoms with E-state index < -0.39 is 0 Å². The van der Waals surface area contributed by atoms with E-state index in [0.717, 1.165) is 23.3 Å². The predicted octanol–water partition coefficient (Wildman–Crippen LogP) is 4.41. The predicted molar refractivity (Wildman–Crippen MR) is 88.8 cm³/mol. The fourth-order valence-electron chi connectivity index (χ4n) is 2.46. The van der Waals surface area contributed by atoms with E-state index in [2.05, 4.69) is 34.1 Å². The van der Waals surface area contributed by atoms with E-state index in [0.29, 0.717) is 0 Å². The Bertz CT molecular complexity index is 721. The van der Waals surface area contributed by atoms with Gasteiger partial charge < -0.3 is 4.57 Å². The van der Waals surface area contributed by atoms with Gasteiger partial charge in [0.2, 0.25) is 0 Å². The van der Waals surface area contributed by atoms with Crippen molar-refractivity contribution in [3.05, 3.63) is 65.5 Å². The summed E-state index contributed by atoms with van der Waals surface area (Å²) in [4.78, 5) is 8.73. The third-order valence-electron chi connectivity index (χ3n) is 3.44. The monoisotopic (exact) mass is 298 g/mol. The molecule has 3 rings (SSSR count). The van der Waals surface area contributed by atoms with Crippen molar-refractivity contribution in [2.24, 2.45) is 0 Å². The maximum Gasteiger partial charge on any atom is 0.159 e. The second-order valence-corrected chi connectivity index (χ2v) is 4.83. The number of benzene rings is 2. The van der Waals surface area contributed by atoms with Crippen LogP contribution in [0.25, 0.3) is 11.0 Å². The van der Waals surface area contributed by atoms with Crippen molar-refractivity contribution in [3.63, 3.8) is 0 Å². The van der Waals surface area contributed by atoms with E-state index >= 15 is 0 Å². The molecule has 2 aromatic carbocycles. The lowest BCUT2D eigenvalue weighted by molar-refractivity contribution is -0.268. The first-order valence-corrected chi connectivity index (χ1v) is 7.54. The van der Waals surface area contributed by atoms with Crippen LogP contribution in [0, 0.1) is 6.92 Å². The highest BCUT2D eigenvalue weighted by molar-refractivity contribution is 5.77. The van der Waals surface area contributed by atoms with Crippen LogP contribution in [0.2, 0.25) is 0 Å². The smallest absolute Gasteiger partial charge is 0.159 e. The number of nitrogens with zero attached hydrogens (tertiary/aromatic N) is 2. The summed E-state index contributed by atoms with van der Waals surface area (Å²) in [6, 6.07) is 16.5. The Morgan fingerprint density at radius 2 is 1.77 bits per heavy atom. The normalized spacial score (nSPS) is 10.4. The van der Waals surface area contributed by atoms with Crippen LogP contribution >= 0.6 is 0 Å². The molecule has 1 N–H and O–H groups in total. The van der Waals surface area contributed by atoms with Crippen LogP contribution in [0.15, 0.2) is 48.5 Å². The average molecular weight is 298 g/mol. The molecule has 0 aliphatic heterocycles. The first-order valence-electron chi connectivity index (χ1n) is 7.54. The largest absolute Gasteiger partial charge is 0.301 e. The molecule has 0 saturated heterocycles. The summed E-state index contributed by atoms with van der Waals surface area (Å²) in [5.74, 6) is 0.825. The van der Waals surface area contributed by atoms with Crippen LogP contribution in [-0.4, -0.2) is 14.8 Å². The van der Waals surface area contributed by atoms with Gasteiger partial charge in [-0.05, 0) is 36.6 Å². The first kappa shape index (κ1) is 16.2. The van der Waals surface area contributed by atoms with Gasteiger partial charge in [-0.1, -0.05) is 50.2 Å². The molecule has 0 radical (unpaired) electrons. The van der Waals surface area contributed by atoms with Gasteiger partial charge in [-0.15, -0.1) is 0 Å². The topological polar surface area (TPSA) is 47.3 Å². The molecule has 0 aliphatic rings. The number of aryl methyl sites for hydroxylation is 1. The van der Waals surface area contributed by atoms with E-state index in [9.17, 15) is 0 Å². The SMILES string of the molecule is CC.Cc1nc2cc(Cc3ccccc3)ccc2n1COO. The van der Waals surface area contributed by atoms with Gasteiger partial charge >= 0.3 is 0 Å². The molecule has 116 valence electrons. The van der Waals surface area contributed by atoms with Crippen molar-refractivity contribution in [3.8, 4) is 0 Å². The van der Waals surface area contributed by atoms with Gasteiger partial charge in [0, 0.05) is 0 Å². The average Bonchev–Trinajstić information content (AvgIpc) is 2.86. The number of hydrogen-bond acceptors (Lipinski definition) is 3. The maximum atomic E-state index is 8.62. The molecule has 4 heteroatoms. The number of aromatic nitrogens is 2. The quantitative estimate of drug-likeness (QED) is 0.573. The molecule has 0 spiro atoms. The van der Waals surface area contributed by atoms with Gasteiger partial charge in [-0.25, -0.2) is 15.1 Å². The van der Waals surface area contributed by atoms with Crippen molar-refractivity contribution in [1.82, 2.24) is 9.55 Å². The number of imidazole rings is 1. The highest BCUT2D eigenvalue weighted by atomic mass is 17.1. The molecule has 0 atom stereocenters. The zero-order valence-electron chi connectivity index (χ0n) is 13.3. The third kappa shape index (κ3) is 3.53. The Kier molecular flexibility index (Phi) is 5.69. The molecule has 0 aliphatic carbocycles. The molecule has 1 aromatic heterocycles. The van der Waals surface area contributed by atoms with Crippen molar-refractivity contribution < 1.29 is 10.1 Å². The summed E-state index contributed by atoms with van der Waals surface area (Å²) in [7, 11) is 0. The van der Waals surface area contributed by atoms with E-state index in [1.165, 1.54) is 11.1 Å². The summed E-state index contributed by atoms with van der Waals surface area (Å²) in [6.45, 7) is 6.00. The van der Waals surface area contributed by atoms with E-state index in [-0.39, 0.29) is 6.73 Å². The zero-order chi connectivity index (χ0) is 15.9. The van der Waals surface area contributed by atoms with Crippen LogP contribution in [0.3, 0.4) is 0 Å². The van der Waals surface area contributed by atoms with Gasteiger partial charge in [0.05, 0.1) is 11.0 Å². The van der Waals surface area contributed by atoms with Crippen LogP contribution in [0.1, 0.15) is 30.8 Å². The van der Waals surface area contributed by atoms with Gasteiger partial charge in [0.1, 0.15) is 5.82 Å². The number of hydrogen-bond donors (Lipinski definition) is 1. The summed E-state index contributed by atoms with van der Waals surface area (Å²) < 4.78 is 1.83. The fourth-order valence-corrected chi connectivity index (χ4v) is 2.46. The number of fused-ring (bicyclic) bond motifs is 1.